The van der Waals surface area contributed by atoms with E-state index in [4.69, 9.17) is 5.11 Å². The average molecular weight is 467 g/mol. The molecular weight excluding hydrogens is 430 g/mol. The van der Waals surface area contributed by atoms with Crippen molar-refractivity contribution in [1.82, 2.24) is 14.7 Å². The molecule has 2 aliphatic heterocycles. The van der Waals surface area contributed by atoms with Crippen molar-refractivity contribution in [2.24, 2.45) is 5.92 Å². The molecule has 2 amide bonds. The normalized spacial score (nSPS) is 28.0. The second kappa shape index (κ2) is 11.0. The molecule has 3 aliphatic rings. The number of carboxylic acid groups (broad SMARTS) is 1. The molecule has 1 saturated heterocycles. The number of carbonyl (C=O) groups is 2. The van der Waals surface area contributed by atoms with E-state index in [2.05, 4.69) is 28.4 Å². The summed E-state index contributed by atoms with van der Waals surface area (Å²) < 4.78 is 0.218. The SMILES string of the molecule is Cl.O=C(O)CC[C@H]1CC[C@H](N2CC[N+](CCO)(c3ccc4c(c3)CCNCC4)C2=O)CC1. The van der Waals surface area contributed by atoms with Gasteiger partial charge in [-0.25, -0.2) is 9.28 Å². The molecule has 1 aromatic carbocycles. The zero-order valence-corrected chi connectivity index (χ0v) is 19.6. The highest BCUT2D eigenvalue weighted by Crippen LogP contribution is 2.37. The number of hydrogen-bond acceptors (Lipinski definition) is 4. The van der Waals surface area contributed by atoms with Gasteiger partial charge >= 0.3 is 12.0 Å². The molecule has 0 radical (unpaired) electrons. The number of nitrogens with zero attached hydrogens (tertiary/aromatic N) is 2. The van der Waals surface area contributed by atoms with Crippen LogP contribution in [0.3, 0.4) is 0 Å². The molecule has 2 heterocycles. The summed E-state index contributed by atoms with van der Waals surface area (Å²) in [6.07, 6.45) is 6.85. The van der Waals surface area contributed by atoms with E-state index in [1.54, 1.807) is 0 Å². The molecular formula is C24H37ClN3O4+. The molecule has 3 N–H and O–H groups in total. The first-order chi connectivity index (χ1) is 15.0. The Morgan fingerprint density at radius 2 is 1.84 bits per heavy atom. The lowest BCUT2D eigenvalue weighted by atomic mass is 9.83. The molecule has 7 nitrogen and oxygen atoms in total. The second-order valence-corrected chi connectivity index (χ2v) is 9.42. The predicted molar refractivity (Wildman–Crippen MR) is 127 cm³/mol. The van der Waals surface area contributed by atoms with Crippen molar-refractivity contribution >= 4 is 30.1 Å². The van der Waals surface area contributed by atoms with Gasteiger partial charge in [-0.2, -0.15) is 0 Å². The third kappa shape index (κ3) is 5.11. The minimum atomic E-state index is -0.723. The molecule has 178 valence electrons. The summed E-state index contributed by atoms with van der Waals surface area (Å²) in [5.74, 6) is -0.264. The molecule has 2 fully saturated rings. The Morgan fingerprint density at radius 3 is 2.53 bits per heavy atom. The third-order valence-electron chi connectivity index (χ3n) is 7.67. The topological polar surface area (TPSA) is 89.9 Å². The van der Waals surface area contributed by atoms with Crippen LogP contribution in [0.15, 0.2) is 18.2 Å². The maximum atomic E-state index is 13.7. The number of amides is 2. The number of benzene rings is 1. The molecule has 1 atom stereocenters. The van der Waals surface area contributed by atoms with Crippen molar-refractivity contribution in [3.8, 4) is 0 Å². The van der Waals surface area contributed by atoms with Crippen molar-refractivity contribution < 1.29 is 19.8 Å². The smallest absolute Gasteiger partial charge is 0.424 e. The Bertz CT molecular complexity index is 812. The van der Waals surface area contributed by atoms with Crippen LogP contribution >= 0.6 is 12.4 Å². The van der Waals surface area contributed by atoms with Crippen molar-refractivity contribution in [3.05, 3.63) is 29.3 Å². The van der Waals surface area contributed by atoms with E-state index in [-0.39, 0.29) is 42.0 Å². The molecule has 1 unspecified atom stereocenters. The van der Waals surface area contributed by atoms with Crippen molar-refractivity contribution in [2.45, 2.75) is 57.4 Å². The van der Waals surface area contributed by atoms with E-state index in [0.29, 0.717) is 19.0 Å². The number of carboxylic acids is 1. The highest BCUT2D eigenvalue weighted by molar-refractivity contribution is 5.89. The largest absolute Gasteiger partial charge is 0.481 e. The fourth-order valence-corrected chi connectivity index (χ4v) is 5.80. The average Bonchev–Trinajstić information content (AvgIpc) is 2.95. The van der Waals surface area contributed by atoms with Crippen molar-refractivity contribution in [2.75, 3.05) is 39.3 Å². The minimum Gasteiger partial charge on any atom is -0.481 e. The van der Waals surface area contributed by atoms with Crippen LogP contribution in [-0.4, -0.2) is 72.5 Å². The summed E-state index contributed by atoms with van der Waals surface area (Å²) >= 11 is 0. The predicted octanol–water partition coefficient (Wildman–Crippen LogP) is 2.96. The van der Waals surface area contributed by atoms with Crippen LogP contribution in [0.4, 0.5) is 10.5 Å². The van der Waals surface area contributed by atoms with Gasteiger partial charge < -0.3 is 15.5 Å². The van der Waals surface area contributed by atoms with Gasteiger partial charge in [-0.05, 0) is 81.1 Å². The molecule has 0 aromatic heterocycles. The van der Waals surface area contributed by atoms with Crippen molar-refractivity contribution in [1.29, 1.82) is 0 Å². The number of quaternary nitrogens is 1. The number of aliphatic hydroxyl groups is 1. The fourth-order valence-electron chi connectivity index (χ4n) is 5.80. The highest BCUT2D eigenvalue weighted by atomic mass is 35.5. The first-order valence-corrected chi connectivity index (χ1v) is 11.9. The summed E-state index contributed by atoms with van der Waals surface area (Å²) in [5, 5.41) is 22.2. The number of hydrogen-bond donors (Lipinski definition) is 3. The molecule has 32 heavy (non-hydrogen) atoms. The van der Waals surface area contributed by atoms with E-state index < -0.39 is 5.97 Å². The van der Waals surface area contributed by atoms with Gasteiger partial charge in [-0.3, -0.25) is 9.69 Å². The van der Waals surface area contributed by atoms with Crippen LogP contribution in [-0.2, 0) is 17.6 Å². The molecule has 1 saturated carbocycles. The van der Waals surface area contributed by atoms with Gasteiger partial charge in [-0.1, -0.05) is 6.07 Å². The zero-order chi connectivity index (χ0) is 21.8. The molecule has 1 aromatic rings. The van der Waals surface area contributed by atoms with Gasteiger partial charge in [0.1, 0.15) is 18.8 Å². The van der Waals surface area contributed by atoms with Gasteiger partial charge in [0.05, 0.1) is 13.2 Å². The molecule has 1 aliphatic carbocycles. The van der Waals surface area contributed by atoms with Crippen LogP contribution in [0, 0.1) is 5.92 Å². The third-order valence-corrected chi connectivity index (χ3v) is 7.67. The lowest BCUT2D eigenvalue weighted by molar-refractivity contribution is -0.137. The minimum absolute atomic E-state index is 0. The number of halogens is 1. The first kappa shape index (κ1) is 25.0. The first-order valence-electron chi connectivity index (χ1n) is 11.9. The van der Waals surface area contributed by atoms with Gasteiger partial charge in [0.15, 0.2) is 0 Å². The summed E-state index contributed by atoms with van der Waals surface area (Å²) in [6.45, 7) is 3.78. The van der Waals surface area contributed by atoms with Crippen LogP contribution < -0.4 is 9.80 Å². The second-order valence-electron chi connectivity index (χ2n) is 9.42. The summed E-state index contributed by atoms with van der Waals surface area (Å²) in [7, 11) is 0. The summed E-state index contributed by atoms with van der Waals surface area (Å²) in [5.41, 5.74) is 3.69. The number of urea groups is 1. The fraction of sp³-hybridized carbons (Fsp3) is 0.667. The number of fused-ring (bicyclic) bond motifs is 1. The van der Waals surface area contributed by atoms with E-state index in [0.717, 1.165) is 70.3 Å². The number of nitrogens with one attached hydrogen (secondary N) is 1. The highest BCUT2D eigenvalue weighted by Gasteiger charge is 2.50. The van der Waals surface area contributed by atoms with E-state index >= 15 is 0 Å². The van der Waals surface area contributed by atoms with Gasteiger partial charge in [0.25, 0.3) is 0 Å². The molecule has 8 heteroatoms. The molecule has 0 spiro atoms. The summed E-state index contributed by atoms with van der Waals surface area (Å²) in [4.78, 5) is 26.7. The maximum Gasteiger partial charge on any atom is 0.424 e. The number of carbonyl (C=O) groups excluding carboxylic acids is 1. The van der Waals surface area contributed by atoms with E-state index in [1.807, 2.05) is 0 Å². The summed E-state index contributed by atoms with van der Waals surface area (Å²) in [6, 6.07) is 6.84. The van der Waals surface area contributed by atoms with Gasteiger partial charge in [0, 0.05) is 18.5 Å². The van der Waals surface area contributed by atoms with Gasteiger partial charge in [0.2, 0.25) is 0 Å². The van der Waals surface area contributed by atoms with Crippen molar-refractivity contribution in [3.63, 3.8) is 0 Å². The Hall–Kier alpha value is -1.67. The van der Waals surface area contributed by atoms with Gasteiger partial charge in [-0.15, -0.1) is 12.4 Å². The monoisotopic (exact) mass is 466 g/mol. The number of rotatable bonds is 7. The maximum absolute atomic E-state index is 13.7. The Kier molecular flexibility index (Phi) is 8.55. The standard InChI is InChI=1S/C24H35N3O4.ClH/c28-16-15-27(22-7-4-19-9-11-25-12-10-20(19)17-22)14-13-26(24(27)31)21-5-1-18(2-6-21)3-8-23(29)30;/h4,7,17-18,21,25,28H,1-3,5-6,8-16H2;1H/p+1/t18-,21-,27?;. The number of aliphatic carboxylic acids is 1. The van der Waals surface area contributed by atoms with Crippen LogP contribution in [0.25, 0.3) is 0 Å². The van der Waals surface area contributed by atoms with Crippen LogP contribution in [0.5, 0.6) is 0 Å². The lowest BCUT2D eigenvalue weighted by Crippen LogP contribution is -2.55. The Labute approximate surface area is 196 Å². The Balaban J connectivity index is 0.00000289. The van der Waals surface area contributed by atoms with E-state index in [9.17, 15) is 14.7 Å². The molecule has 4 rings (SSSR count). The lowest BCUT2D eigenvalue weighted by Gasteiger charge is -2.35. The van der Waals surface area contributed by atoms with Crippen LogP contribution in [0.1, 0.15) is 49.7 Å². The van der Waals surface area contributed by atoms with Crippen LogP contribution in [0.2, 0.25) is 0 Å². The van der Waals surface area contributed by atoms with E-state index in [1.165, 1.54) is 11.1 Å². The zero-order valence-electron chi connectivity index (χ0n) is 18.8. The number of aliphatic hydroxyl groups excluding tert-OH is 1. The quantitative estimate of drug-likeness (QED) is 0.537. The molecule has 0 bridgehead atoms. The Morgan fingerprint density at radius 1 is 1.12 bits per heavy atom.